The van der Waals surface area contributed by atoms with Gasteiger partial charge in [0, 0.05) is 19.6 Å². The maximum Gasteiger partial charge on any atom is 0.119 e. The molecule has 0 spiro atoms. The summed E-state index contributed by atoms with van der Waals surface area (Å²) in [5.41, 5.74) is 1.36. The monoisotopic (exact) mass is 321 g/mol. The zero-order chi connectivity index (χ0) is 15.9. The van der Waals surface area contributed by atoms with Gasteiger partial charge >= 0.3 is 0 Å². The van der Waals surface area contributed by atoms with E-state index in [0.29, 0.717) is 5.92 Å². The molecular weight excluding hydrogens is 294 g/mol. The molecule has 1 saturated carbocycles. The summed E-state index contributed by atoms with van der Waals surface area (Å²) < 4.78 is 11.2. The zero-order valence-electron chi connectivity index (χ0n) is 13.7. The van der Waals surface area contributed by atoms with Crippen molar-refractivity contribution in [2.24, 2.45) is 0 Å². The Bertz CT molecular complexity index is 451. The molecule has 0 unspecified atom stereocenters. The summed E-state index contributed by atoms with van der Waals surface area (Å²) in [4.78, 5) is 6.83. The van der Waals surface area contributed by atoms with E-state index in [9.17, 15) is 0 Å². The van der Waals surface area contributed by atoms with Crippen molar-refractivity contribution in [3.8, 4) is 5.75 Å². The third kappa shape index (κ3) is 4.91. The first-order valence-electron chi connectivity index (χ1n) is 8.68. The Hall–Kier alpha value is -1.14. The Morgan fingerprint density at radius 3 is 2.39 bits per heavy atom. The van der Waals surface area contributed by atoms with Crippen LogP contribution < -0.4 is 4.74 Å². The molecule has 0 radical (unpaired) electrons. The van der Waals surface area contributed by atoms with Gasteiger partial charge in [-0.3, -0.25) is 10.2 Å². The van der Waals surface area contributed by atoms with Crippen LogP contribution in [0, 0.1) is 0 Å². The van der Waals surface area contributed by atoms with Crippen molar-refractivity contribution in [2.45, 2.75) is 37.7 Å². The first kappa shape index (κ1) is 16.7. The van der Waals surface area contributed by atoms with E-state index in [2.05, 4.69) is 34.1 Å². The summed E-state index contributed by atoms with van der Waals surface area (Å²) >= 11 is 0. The first-order chi connectivity index (χ1) is 11.3. The van der Waals surface area contributed by atoms with E-state index in [4.69, 9.17) is 14.7 Å². The van der Waals surface area contributed by atoms with Gasteiger partial charge in [-0.05, 0) is 49.3 Å². The molecule has 23 heavy (non-hydrogen) atoms. The van der Waals surface area contributed by atoms with Gasteiger partial charge in [0.25, 0.3) is 0 Å². The minimum Gasteiger partial charge on any atom is -0.492 e. The number of hydrogen-bond donors (Lipinski definition) is 1. The molecule has 0 bridgehead atoms. The molecule has 0 atom stereocenters. The number of hydrogen-bond acceptors (Lipinski definition) is 5. The Morgan fingerprint density at radius 2 is 1.74 bits per heavy atom. The lowest BCUT2D eigenvalue weighted by atomic mass is 9.83. The molecule has 5 heteroatoms. The second-order valence-electron chi connectivity index (χ2n) is 6.45. The summed E-state index contributed by atoms with van der Waals surface area (Å²) in [6, 6.07) is 8.50. The fourth-order valence-electron chi connectivity index (χ4n) is 3.46. The van der Waals surface area contributed by atoms with Crippen molar-refractivity contribution in [3.05, 3.63) is 29.8 Å². The van der Waals surface area contributed by atoms with Gasteiger partial charge in [-0.15, -0.1) is 0 Å². The highest BCUT2D eigenvalue weighted by molar-refractivity contribution is 5.29. The van der Waals surface area contributed by atoms with Crippen LogP contribution in [0.5, 0.6) is 5.75 Å². The molecule has 1 saturated heterocycles. The van der Waals surface area contributed by atoms with Gasteiger partial charge in [0.05, 0.1) is 19.3 Å². The van der Waals surface area contributed by atoms with Crippen LogP contribution in [0.2, 0.25) is 0 Å². The van der Waals surface area contributed by atoms with E-state index < -0.39 is 0 Å². The van der Waals surface area contributed by atoms with Crippen LogP contribution in [0.1, 0.15) is 37.2 Å². The fraction of sp³-hybridized carbons (Fsp3) is 0.667. The standard InChI is InChI=1S/C18H27NO4/c20-23-18-7-3-16(4-8-18)15-1-5-17(6-2-15)22-14-11-19-9-12-21-13-10-19/h1-2,5-6,16,18,20H,3-4,7-14H2. The number of nitrogens with zero attached hydrogens (tertiary/aromatic N) is 1. The summed E-state index contributed by atoms with van der Waals surface area (Å²) in [7, 11) is 0. The van der Waals surface area contributed by atoms with E-state index in [1.165, 1.54) is 5.56 Å². The topological polar surface area (TPSA) is 51.2 Å². The first-order valence-corrected chi connectivity index (χ1v) is 8.68. The third-order valence-corrected chi connectivity index (χ3v) is 4.95. The van der Waals surface area contributed by atoms with Gasteiger partial charge in [-0.25, -0.2) is 4.89 Å². The predicted octanol–water partition coefficient (Wildman–Crippen LogP) is 2.91. The van der Waals surface area contributed by atoms with Crippen molar-refractivity contribution in [1.82, 2.24) is 4.90 Å². The van der Waals surface area contributed by atoms with Gasteiger partial charge in [-0.2, -0.15) is 0 Å². The fourth-order valence-corrected chi connectivity index (χ4v) is 3.46. The Kier molecular flexibility index (Phi) is 6.28. The molecule has 1 aromatic rings. The van der Waals surface area contributed by atoms with Crippen LogP contribution in [-0.4, -0.2) is 55.7 Å². The number of ether oxygens (including phenoxy) is 2. The molecule has 0 amide bonds. The predicted molar refractivity (Wildman–Crippen MR) is 87.9 cm³/mol. The third-order valence-electron chi connectivity index (χ3n) is 4.95. The summed E-state index contributed by atoms with van der Waals surface area (Å²) in [5.74, 6) is 1.51. The molecule has 2 aliphatic rings. The number of morpholine rings is 1. The van der Waals surface area contributed by atoms with Crippen molar-refractivity contribution in [3.63, 3.8) is 0 Å². The second-order valence-corrected chi connectivity index (χ2v) is 6.45. The zero-order valence-corrected chi connectivity index (χ0v) is 13.7. The molecule has 0 aromatic heterocycles. The van der Waals surface area contributed by atoms with E-state index in [0.717, 1.165) is 70.9 Å². The SMILES string of the molecule is OOC1CCC(c2ccc(OCCN3CCOCC3)cc2)CC1. The Morgan fingerprint density at radius 1 is 1.04 bits per heavy atom. The van der Waals surface area contributed by atoms with Crippen molar-refractivity contribution in [2.75, 3.05) is 39.5 Å². The average Bonchev–Trinajstić information content (AvgIpc) is 2.63. The molecule has 1 heterocycles. The van der Waals surface area contributed by atoms with Crippen molar-refractivity contribution < 1.29 is 19.6 Å². The number of rotatable bonds is 6. The smallest absolute Gasteiger partial charge is 0.119 e. The average molecular weight is 321 g/mol. The van der Waals surface area contributed by atoms with Crippen molar-refractivity contribution >= 4 is 0 Å². The molecule has 1 N–H and O–H groups in total. The lowest BCUT2D eigenvalue weighted by molar-refractivity contribution is -0.284. The van der Waals surface area contributed by atoms with Crippen LogP contribution in [0.4, 0.5) is 0 Å². The minimum atomic E-state index is 0.0223. The van der Waals surface area contributed by atoms with Crippen LogP contribution in [0.15, 0.2) is 24.3 Å². The van der Waals surface area contributed by atoms with Gasteiger partial charge in [0.2, 0.25) is 0 Å². The van der Waals surface area contributed by atoms with Gasteiger partial charge in [0.1, 0.15) is 12.4 Å². The van der Waals surface area contributed by atoms with Gasteiger partial charge in [-0.1, -0.05) is 12.1 Å². The molecule has 1 aromatic carbocycles. The largest absolute Gasteiger partial charge is 0.492 e. The molecular formula is C18H27NO4. The highest BCUT2D eigenvalue weighted by Gasteiger charge is 2.22. The molecule has 5 nitrogen and oxygen atoms in total. The van der Waals surface area contributed by atoms with Gasteiger partial charge < -0.3 is 9.47 Å². The normalized spacial score (nSPS) is 26.1. The summed E-state index contributed by atoms with van der Waals surface area (Å²) in [5, 5.41) is 8.73. The Balaban J connectivity index is 1.42. The van der Waals surface area contributed by atoms with Crippen LogP contribution in [-0.2, 0) is 9.62 Å². The van der Waals surface area contributed by atoms with E-state index in [1.54, 1.807) is 0 Å². The van der Waals surface area contributed by atoms with E-state index in [1.807, 2.05) is 0 Å². The maximum absolute atomic E-state index is 8.73. The lowest BCUT2D eigenvalue weighted by Crippen LogP contribution is -2.38. The van der Waals surface area contributed by atoms with E-state index >= 15 is 0 Å². The molecule has 1 aliphatic carbocycles. The molecule has 128 valence electrons. The van der Waals surface area contributed by atoms with Crippen molar-refractivity contribution in [1.29, 1.82) is 0 Å². The summed E-state index contributed by atoms with van der Waals surface area (Å²) in [6.07, 6.45) is 4.03. The quantitative estimate of drug-likeness (QED) is 0.645. The van der Waals surface area contributed by atoms with E-state index in [-0.39, 0.29) is 6.10 Å². The molecule has 1 aliphatic heterocycles. The number of benzene rings is 1. The van der Waals surface area contributed by atoms with Crippen LogP contribution >= 0.6 is 0 Å². The Labute approximate surface area is 138 Å². The lowest BCUT2D eigenvalue weighted by Gasteiger charge is -2.27. The minimum absolute atomic E-state index is 0.0223. The molecule has 3 rings (SSSR count). The second kappa shape index (κ2) is 8.64. The van der Waals surface area contributed by atoms with Gasteiger partial charge in [0.15, 0.2) is 0 Å². The van der Waals surface area contributed by atoms with Crippen LogP contribution in [0.3, 0.4) is 0 Å². The highest BCUT2D eigenvalue weighted by atomic mass is 17.1. The summed E-state index contributed by atoms with van der Waals surface area (Å²) in [6.45, 7) is 5.34. The highest BCUT2D eigenvalue weighted by Crippen LogP contribution is 2.34. The maximum atomic E-state index is 8.73. The molecule has 2 fully saturated rings. The van der Waals surface area contributed by atoms with Crippen LogP contribution in [0.25, 0.3) is 0 Å².